The van der Waals surface area contributed by atoms with Gasteiger partial charge in [0.25, 0.3) is 0 Å². The van der Waals surface area contributed by atoms with Gasteiger partial charge >= 0.3 is 0 Å². The van der Waals surface area contributed by atoms with Crippen molar-refractivity contribution in [3.05, 3.63) is 30.0 Å². The fourth-order valence-corrected chi connectivity index (χ4v) is 1.98. The Hall–Kier alpha value is -2.24. The Bertz CT molecular complexity index is 554. The number of anilines is 1. The summed E-state index contributed by atoms with van der Waals surface area (Å²) >= 11 is 0. The van der Waals surface area contributed by atoms with E-state index in [0.717, 1.165) is 23.6 Å². The minimum absolute atomic E-state index is 0.486. The Morgan fingerprint density at radius 2 is 1.85 bits per heavy atom. The average Bonchev–Trinajstić information content (AvgIpc) is 2.81. The van der Waals surface area contributed by atoms with E-state index < -0.39 is 0 Å². The van der Waals surface area contributed by atoms with E-state index in [1.165, 1.54) is 0 Å². The van der Waals surface area contributed by atoms with Crippen LogP contribution in [0, 0.1) is 0 Å². The van der Waals surface area contributed by atoms with Gasteiger partial charge in [-0.05, 0) is 25.5 Å². The molecule has 0 aliphatic rings. The molecular weight excluding hydrogens is 256 g/mol. The molecule has 0 fully saturated rings. The number of nitrogens with zero attached hydrogens (tertiary/aromatic N) is 3. The predicted molar refractivity (Wildman–Crippen MR) is 76.9 cm³/mol. The van der Waals surface area contributed by atoms with Crippen LogP contribution in [0.5, 0.6) is 11.5 Å². The van der Waals surface area contributed by atoms with E-state index in [4.69, 9.17) is 15.2 Å². The predicted octanol–water partition coefficient (Wildman–Crippen LogP) is 1.90. The van der Waals surface area contributed by atoms with Gasteiger partial charge in [0.15, 0.2) is 17.3 Å². The zero-order valence-corrected chi connectivity index (χ0v) is 11.9. The van der Waals surface area contributed by atoms with Gasteiger partial charge in [-0.25, -0.2) is 4.68 Å². The maximum absolute atomic E-state index is 5.75. The van der Waals surface area contributed by atoms with Gasteiger partial charge < -0.3 is 15.2 Å². The number of aromatic nitrogens is 3. The van der Waals surface area contributed by atoms with Crippen LogP contribution in [-0.2, 0) is 13.0 Å². The fourth-order valence-electron chi connectivity index (χ4n) is 1.98. The molecule has 0 amide bonds. The summed E-state index contributed by atoms with van der Waals surface area (Å²) in [5.41, 5.74) is 6.68. The van der Waals surface area contributed by atoms with Crippen molar-refractivity contribution in [2.45, 2.75) is 26.8 Å². The molecule has 0 bridgehead atoms. The molecule has 1 aromatic carbocycles. The van der Waals surface area contributed by atoms with Crippen LogP contribution in [0.1, 0.15) is 19.5 Å². The normalized spacial score (nSPS) is 10.5. The van der Waals surface area contributed by atoms with Crippen LogP contribution in [0.3, 0.4) is 0 Å². The Labute approximate surface area is 118 Å². The van der Waals surface area contributed by atoms with Crippen LogP contribution >= 0.6 is 0 Å². The zero-order valence-electron chi connectivity index (χ0n) is 11.9. The number of nitrogens with two attached hydrogens (primary N) is 1. The van der Waals surface area contributed by atoms with Crippen molar-refractivity contribution in [2.75, 3.05) is 18.9 Å². The van der Waals surface area contributed by atoms with Crippen LogP contribution in [0.2, 0.25) is 0 Å². The van der Waals surface area contributed by atoms with Crippen LogP contribution < -0.4 is 15.2 Å². The summed E-state index contributed by atoms with van der Waals surface area (Å²) in [7, 11) is 0. The zero-order chi connectivity index (χ0) is 14.4. The molecule has 108 valence electrons. The lowest BCUT2D eigenvalue weighted by atomic mass is 10.3. The SMILES string of the molecule is CCOc1ccccc1OCCn1nnc(N)c1CC. The third-order valence-electron chi connectivity index (χ3n) is 2.91. The highest BCUT2D eigenvalue weighted by Crippen LogP contribution is 2.26. The second-order valence-electron chi connectivity index (χ2n) is 4.23. The Morgan fingerprint density at radius 3 is 2.50 bits per heavy atom. The highest BCUT2D eigenvalue weighted by molar-refractivity contribution is 5.39. The largest absolute Gasteiger partial charge is 0.490 e. The van der Waals surface area contributed by atoms with Gasteiger partial charge in [0.1, 0.15) is 6.61 Å². The second kappa shape index (κ2) is 6.79. The van der Waals surface area contributed by atoms with Crippen molar-refractivity contribution in [1.29, 1.82) is 0 Å². The summed E-state index contributed by atoms with van der Waals surface area (Å²) < 4.78 is 13.0. The van der Waals surface area contributed by atoms with Crippen LogP contribution in [0.25, 0.3) is 0 Å². The molecule has 1 heterocycles. The molecule has 0 saturated heterocycles. The van der Waals surface area contributed by atoms with Crippen molar-refractivity contribution in [3.8, 4) is 11.5 Å². The topological polar surface area (TPSA) is 75.2 Å². The molecule has 2 aromatic rings. The monoisotopic (exact) mass is 276 g/mol. The first-order valence-corrected chi connectivity index (χ1v) is 6.78. The highest BCUT2D eigenvalue weighted by Gasteiger charge is 2.08. The standard InChI is InChI=1S/C14H20N4O2/c1-3-11-14(15)16-17-18(11)9-10-20-13-8-6-5-7-12(13)19-4-2/h5-8H,3-4,9-10,15H2,1-2H3. The summed E-state index contributed by atoms with van der Waals surface area (Å²) in [6.07, 6.45) is 0.800. The van der Waals surface area contributed by atoms with E-state index >= 15 is 0 Å². The minimum atomic E-state index is 0.486. The lowest BCUT2D eigenvalue weighted by Gasteiger charge is -2.12. The summed E-state index contributed by atoms with van der Waals surface area (Å²) in [6.45, 7) is 5.67. The van der Waals surface area contributed by atoms with E-state index in [0.29, 0.717) is 25.6 Å². The molecule has 2 rings (SSSR count). The maximum atomic E-state index is 5.75. The molecule has 0 radical (unpaired) electrons. The third kappa shape index (κ3) is 3.20. The third-order valence-corrected chi connectivity index (χ3v) is 2.91. The van der Waals surface area contributed by atoms with Crippen LogP contribution in [-0.4, -0.2) is 28.2 Å². The lowest BCUT2D eigenvalue weighted by Crippen LogP contribution is -2.13. The first-order chi connectivity index (χ1) is 9.76. The number of ether oxygens (including phenoxy) is 2. The summed E-state index contributed by atoms with van der Waals surface area (Å²) in [5, 5.41) is 7.88. The smallest absolute Gasteiger partial charge is 0.169 e. The summed E-state index contributed by atoms with van der Waals surface area (Å²) in [5.74, 6) is 1.98. The number of benzene rings is 1. The molecule has 0 atom stereocenters. The van der Waals surface area contributed by atoms with Crippen LogP contribution in [0.15, 0.2) is 24.3 Å². The minimum Gasteiger partial charge on any atom is -0.490 e. The molecular formula is C14H20N4O2. The molecule has 6 nitrogen and oxygen atoms in total. The molecule has 0 aliphatic heterocycles. The molecule has 0 spiro atoms. The van der Waals surface area contributed by atoms with Crippen molar-refractivity contribution in [1.82, 2.24) is 15.0 Å². The molecule has 0 saturated carbocycles. The number of hydrogen-bond acceptors (Lipinski definition) is 5. The van der Waals surface area contributed by atoms with Crippen molar-refractivity contribution < 1.29 is 9.47 Å². The van der Waals surface area contributed by atoms with Gasteiger partial charge in [0.05, 0.1) is 18.8 Å². The van der Waals surface area contributed by atoms with Crippen LogP contribution in [0.4, 0.5) is 5.82 Å². The first-order valence-electron chi connectivity index (χ1n) is 6.78. The Balaban J connectivity index is 1.96. The fraction of sp³-hybridized carbons (Fsp3) is 0.429. The molecule has 6 heteroatoms. The molecule has 20 heavy (non-hydrogen) atoms. The van der Waals surface area contributed by atoms with Crippen molar-refractivity contribution in [3.63, 3.8) is 0 Å². The summed E-state index contributed by atoms with van der Waals surface area (Å²) in [4.78, 5) is 0. The van der Waals surface area contributed by atoms with Crippen molar-refractivity contribution in [2.24, 2.45) is 0 Å². The van der Waals surface area contributed by atoms with E-state index in [1.807, 2.05) is 38.1 Å². The maximum Gasteiger partial charge on any atom is 0.169 e. The van der Waals surface area contributed by atoms with Gasteiger partial charge in [-0.3, -0.25) is 0 Å². The van der Waals surface area contributed by atoms with E-state index in [1.54, 1.807) is 4.68 Å². The molecule has 0 unspecified atom stereocenters. The average molecular weight is 276 g/mol. The lowest BCUT2D eigenvalue weighted by molar-refractivity contribution is 0.260. The molecule has 2 N–H and O–H groups in total. The van der Waals surface area contributed by atoms with E-state index in [2.05, 4.69) is 10.3 Å². The number of rotatable bonds is 7. The van der Waals surface area contributed by atoms with E-state index in [9.17, 15) is 0 Å². The van der Waals surface area contributed by atoms with Gasteiger partial charge in [-0.1, -0.05) is 24.3 Å². The highest BCUT2D eigenvalue weighted by atomic mass is 16.5. The van der Waals surface area contributed by atoms with Gasteiger partial charge in [0.2, 0.25) is 0 Å². The second-order valence-corrected chi connectivity index (χ2v) is 4.23. The van der Waals surface area contributed by atoms with Crippen molar-refractivity contribution >= 4 is 5.82 Å². The number of nitrogen functional groups attached to an aromatic ring is 1. The number of hydrogen-bond donors (Lipinski definition) is 1. The Kier molecular flexibility index (Phi) is 4.81. The van der Waals surface area contributed by atoms with Gasteiger partial charge in [-0.15, -0.1) is 5.10 Å². The molecule has 1 aromatic heterocycles. The number of para-hydroxylation sites is 2. The van der Waals surface area contributed by atoms with E-state index in [-0.39, 0.29) is 0 Å². The Morgan fingerprint density at radius 1 is 1.15 bits per heavy atom. The molecule has 0 aliphatic carbocycles. The van der Waals surface area contributed by atoms with Gasteiger partial charge in [0, 0.05) is 0 Å². The summed E-state index contributed by atoms with van der Waals surface area (Å²) in [6, 6.07) is 7.62. The first kappa shape index (κ1) is 14.2. The van der Waals surface area contributed by atoms with Gasteiger partial charge in [-0.2, -0.15) is 0 Å². The quantitative estimate of drug-likeness (QED) is 0.836.